The summed E-state index contributed by atoms with van der Waals surface area (Å²) in [5.74, 6) is 0.232. The first-order chi connectivity index (χ1) is 14.5. The molecule has 2 atom stereocenters. The molecule has 1 amide bonds. The average Bonchev–Trinajstić information content (AvgIpc) is 3.17. The zero-order chi connectivity index (χ0) is 21.1. The number of hydrogen-bond donors (Lipinski definition) is 2. The van der Waals surface area contributed by atoms with E-state index in [2.05, 4.69) is 25.4 Å². The Balaban J connectivity index is 1.48. The molecule has 9 heteroatoms. The topological polar surface area (TPSA) is 83.1 Å². The smallest absolute Gasteiger partial charge is 0.223 e. The number of amides is 1. The molecule has 162 valence electrons. The highest BCUT2D eigenvalue weighted by Crippen LogP contribution is 2.28. The molecule has 0 bridgehead atoms. The van der Waals surface area contributed by atoms with Crippen molar-refractivity contribution in [3.63, 3.8) is 0 Å². The minimum atomic E-state index is -0.587. The lowest BCUT2D eigenvalue weighted by atomic mass is 9.89. The van der Waals surface area contributed by atoms with Crippen LogP contribution in [-0.2, 0) is 16.1 Å². The van der Waals surface area contributed by atoms with E-state index in [1.54, 1.807) is 0 Å². The van der Waals surface area contributed by atoms with Gasteiger partial charge in [-0.05, 0) is 38.8 Å². The average molecular weight is 419 g/mol. The van der Waals surface area contributed by atoms with Crippen molar-refractivity contribution in [3.8, 4) is 0 Å². The summed E-state index contributed by atoms with van der Waals surface area (Å²) in [4.78, 5) is 19.4. The van der Waals surface area contributed by atoms with Gasteiger partial charge in [0.1, 0.15) is 17.5 Å². The van der Waals surface area contributed by atoms with Gasteiger partial charge < -0.3 is 10.1 Å². The molecule has 0 radical (unpaired) electrons. The maximum Gasteiger partial charge on any atom is 0.223 e. The van der Waals surface area contributed by atoms with Crippen LogP contribution in [0.2, 0.25) is 0 Å². The van der Waals surface area contributed by atoms with Crippen molar-refractivity contribution in [2.75, 3.05) is 26.3 Å². The van der Waals surface area contributed by atoms with Crippen LogP contribution < -0.4 is 5.32 Å². The van der Waals surface area contributed by atoms with E-state index < -0.39 is 11.6 Å². The molecule has 3 heterocycles. The Hall–Kier alpha value is -2.39. The number of rotatable bonds is 5. The Morgan fingerprint density at radius 1 is 1.30 bits per heavy atom. The summed E-state index contributed by atoms with van der Waals surface area (Å²) in [6, 6.07) is 3.47. The van der Waals surface area contributed by atoms with Crippen molar-refractivity contribution in [1.29, 1.82) is 0 Å². The fourth-order valence-corrected chi connectivity index (χ4v) is 4.30. The number of aromatic amines is 1. The number of H-pyrrole nitrogens is 1. The van der Waals surface area contributed by atoms with Crippen LogP contribution >= 0.6 is 0 Å². The van der Waals surface area contributed by atoms with E-state index in [1.165, 1.54) is 12.1 Å². The van der Waals surface area contributed by atoms with Gasteiger partial charge in [0.2, 0.25) is 5.91 Å². The van der Waals surface area contributed by atoms with Gasteiger partial charge in [0, 0.05) is 49.8 Å². The number of carbonyl (C=O) groups is 1. The molecule has 2 N–H and O–H groups in total. The van der Waals surface area contributed by atoms with Gasteiger partial charge in [-0.3, -0.25) is 14.8 Å². The summed E-state index contributed by atoms with van der Waals surface area (Å²) < 4.78 is 32.7. The SMILES string of the molecule is Cc1nc([C@H]2CCN(Cc3ccc(F)cc3F)C[C@H]2NC(=O)C2CCOCC2)n[nH]1. The third-order valence-corrected chi connectivity index (χ3v) is 5.97. The molecule has 7 nitrogen and oxygen atoms in total. The number of halogens is 2. The minimum absolute atomic E-state index is 0.0203. The van der Waals surface area contributed by atoms with Crippen LogP contribution in [0.5, 0.6) is 0 Å². The summed E-state index contributed by atoms with van der Waals surface area (Å²) in [6.07, 6.45) is 2.17. The molecule has 2 saturated heterocycles. The van der Waals surface area contributed by atoms with Crippen LogP contribution in [0.3, 0.4) is 0 Å². The molecule has 1 aromatic heterocycles. The minimum Gasteiger partial charge on any atom is -0.381 e. The Labute approximate surface area is 174 Å². The van der Waals surface area contributed by atoms with Crippen LogP contribution in [-0.4, -0.2) is 58.3 Å². The molecule has 0 unspecified atom stereocenters. The summed E-state index contributed by atoms with van der Waals surface area (Å²) in [7, 11) is 0. The largest absolute Gasteiger partial charge is 0.381 e. The second kappa shape index (κ2) is 9.18. The highest BCUT2D eigenvalue weighted by molar-refractivity contribution is 5.79. The molecule has 2 aliphatic heterocycles. The van der Waals surface area contributed by atoms with Gasteiger partial charge in [-0.15, -0.1) is 0 Å². The predicted molar refractivity (Wildman–Crippen MR) is 106 cm³/mol. The zero-order valence-electron chi connectivity index (χ0n) is 17.0. The maximum atomic E-state index is 14.1. The number of nitrogens with zero attached hydrogens (tertiary/aromatic N) is 3. The first-order valence-electron chi connectivity index (χ1n) is 10.4. The van der Waals surface area contributed by atoms with Crippen LogP contribution in [0.1, 0.15) is 42.4 Å². The first-order valence-corrected chi connectivity index (χ1v) is 10.4. The predicted octanol–water partition coefficient (Wildman–Crippen LogP) is 2.29. The van der Waals surface area contributed by atoms with E-state index in [4.69, 9.17) is 4.74 Å². The fourth-order valence-electron chi connectivity index (χ4n) is 4.30. The lowest BCUT2D eigenvalue weighted by Crippen LogP contribution is -2.53. The van der Waals surface area contributed by atoms with Gasteiger partial charge >= 0.3 is 0 Å². The van der Waals surface area contributed by atoms with Gasteiger partial charge in [-0.1, -0.05) is 6.07 Å². The third-order valence-electron chi connectivity index (χ3n) is 5.97. The van der Waals surface area contributed by atoms with E-state index in [1.807, 2.05) is 6.92 Å². The quantitative estimate of drug-likeness (QED) is 0.777. The number of nitrogens with one attached hydrogen (secondary N) is 2. The number of aromatic nitrogens is 3. The molecular weight excluding hydrogens is 392 g/mol. The van der Waals surface area contributed by atoms with Crippen molar-refractivity contribution in [2.24, 2.45) is 5.92 Å². The van der Waals surface area contributed by atoms with Gasteiger partial charge in [0.15, 0.2) is 5.82 Å². The summed E-state index contributed by atoms with van der Waals surface area (Å²) in [6.45, 7) is 4.65. The molecule has 2 aliphatic rings. The van der Waals surface area contributed by atoms with Gasteiger partial charge in [0.05, 0.1) is 6.04 Å². The Bertz CT molecular complexity index is 884. The van der Waals surface area contributed by atoms with Crippen molar-refractivity contribution < 1.29 is 18.3 Å². The summed E-state index contributed by atoms with van der Waals surface area (Å²) in [5.41, 5.74) is 0.443. The summed E-state index contributed by atoms with van der Waals surface area (Å²) in [5, 5.41) is 10.4. The fraction of sp³-hybridized carbons (Fsp3) is 0.571. The Kier molecular flexibility index (Phi) is 6.38. The number of piperidine rings is 1. The molecule has 0 aliphatic carbocycles. The lowest BCUT2D eigenvalue weighted by molar-refractivity contribution is -0.129. The molecule has 4 rings (SSSR count). The highest BCUT2D eigenvalue weighted by Gasteiger charge is 2.35. The van der Waals surface area contributed by atoms with Crippen molar-refractivity contribution in [1.82, 2.24) is 25.4 Å². The highest BCUT2D eigenvalue weighted by atomic mass is 19.1. The molecular formula is C21H27F2N5O2. The van der Waals surface area contributed by atoms with Crippen molar-refractivity contribution >= 4 is 5.91 Å². The van der Waals surface area contributed by atoms with Crippen LogP contribution in [0.25, 0.3) is 0 Å². The van der Waals surface area contributed by atoms with Crippen molar-refractivity contribution in [2.45, 2.75) is 44.7 Å². The number of ether oxygens (including phenoxy) is 1. The molecule has 30 heavy (non-hydrogen) atoms. The third kappa shape index (κ3) is 4.84. The molecule has 1 aromatic carbocycles. The van der Waals surface area contributed by atoms with Crippen LogP contribution in [0, 0.1) is 24.5 Å². The summed E-state index contributed by atoms with van der Waals surface area (Å²) >= 11 is 0. The molecule has 0 saturated carbocycles. The van der Waals surface area contributed by atoms with Crippen LogP contribution in [0.4, 0.5) is 8.78 Å². The number of benzene rings is 1. The van der Waals surface area contributed by atoms with Gasteiger partial charge in [-0.25, -0.2) is 13.8 Å². The van der Waals surface area contributed by atoms with Crippen molar-refractivity contribution in [3.05, 3.63) is 47.0 Å². The number of carbonyl (C=O) groups excluding carboxylic acids is 1. The Morgan fingerprint density at radius 3 is 2.80 bits per heavy atom. The van der Waals surface area contributed by atoms with E-state index >= 15 is 0 Å². The second-order valence-corrected chi connectivity index (χ2v) is 8.15. The maximum absolute atomic E-state index is 14.1. The van der Waals surface area contributed by atoms with E-state index in [9.17, 15) is 13.6 Å². The molecule has 2 aromatic rings. The standard InChI is InChI=1S/C21H27F2N5O2/c1-13-24-20(27-26-13)17-4-7-28(11-15-2-3-16(22)10-18(15)23)12-19(17)25-21(29)14-5-8-30-9-6-14/h2-3,10,14,17,19H,4-9,11-12H2,1H3,(H,25,29)(H,24,26,27)/t17-,19+/m0/s1. The van der Waals surface area contributed by atoms with Gasteiger partial charge in [0.25, 0.3) is 0 Å². The normalized spacial score (nSPS) is 23.4. The Morgan fingerprint density at radius 2 is 2.10 bits per heavy atom. The van der Waals surface area contributed by atoms with E-state index in [0.717, 1.165) is 18.3 Å². The first kappa shape index (κ1) is 20.9. The van der Waals surface area contributed by atoms with Crippen LogP contribution in [0.15, 0.2) is 18.2 Å². The molecule has 0 spiro atoms. The lowest BCUT2D eigenvalue weighted by Gasteiger charge is -2.38. The number of hydrogen-bond acceptors (Lipinski definition) is 5. The van der Waals surface area contributed by atoms with Gasteiger partial charge in [-0.2, -0.15) is 5.10 Å². The number of likely N-dealkylation sites (tertiary alicyclic amines) is 1. The van der Waals surface area contributed by atoms with E-state index in [0.29, 0.717) is 57.1 Å². The molecule has 2 fully saturated rings. The monoisotopic (exact) mass is 419 g/mol. The number of aryl methyl sites for hydroxylation is 1. The zero-order valence-corrected chi connectivity index (χ0v) is 17.0. The van der Waals surface area contributed by atoms with E-state index in [-0.39, 0.29) is 23.8 Å². The second-order valence-electron chi connectivity index (χ2n) is 8.15.